The molecule has 1 rings (SSSR count). The Balaban J connectivity index is 2.81. The molecule has 0 aromatic rings. The molecule has 1 aliphatic carbocycles. The maximum absolute atomic E-state index is 11.1. The summed E-state index contributed by atoms with van der Waals surface area (Å²) < 4.78 is 5.37. The van der Waals surface area contributed by atoms with Crippen molar-refractivity contribution in [2.75, 3.05) is 0 Å². The number of allylic oxidation sites excluding steroid dienone is 7. The second-order valence-electron chi connectivity index (χ2n) is 6.93. The van der Waals surface area contributed by atoms with E-state index in [1.165, 1.54) is 23.6 Å². The van der Waals surface area contributed by atoms with Gasteiger partial charge in [0.15, 0.2) is 0 Å². The van der Waals surface area contributed by atoms with Gasteiger partial charge in [0, 0.05) is 6.92 Å². The van der Waals surface area contributed by atoms with E-state index >= 15 is 0 Å². The Morgan fingerprint density at radius 3 is 2.52 bits per heavy atom. The van der Waals surface area contributed by atoms with Crippen LogP contribution in [0.5, 0.6) is 0 Å². The molecular formula is C21H30O2. The van der Waals surface area contributed by atoms with Crippen molar-refractivity contribution in [2.45, 2.75) is 66.9 Å². The van der Waals surface area contributed by atoms with Gasteiger partial charge in [-0.2, -0.15) is 0 Å². The van der Waals surface area contributed by atoms with Gasteiger partial charge in [0.1, 0.15) is 6.10 Å². The van der Waals surface area contributed by atoms with Crippen LogP contribution in [-0.4, -0.2) is 12.1 Å². The van der Waals surface area contributed by atoms with Crippen molar-refractivity contribution in [3.05, 3.63) is 52.8 Å². The van der Waals surface area contributed by atoms with Gasteiger partial charge in [-0.25, -0.2) is 0 Å². The molecule has 0 saturated heterocycles. The van der Waals surface area contributed by atoms with Crippen LogP contribution in [0.3, 0.4) is 0 Å². The van der Waals surface area contributed by atoms with Crippen molar-refractivity contribution in [1.29, 1.82) is 0 Å². The van der Waals surface area contributed by atoms with Gasteiger partial charge in [0.05, 0.1) is 0 Å². The first-order valence-corrected chi connectivity index (χ1v) is 8.35. The van der Waals surface area contributed by atoms with Crippen LogP contribution >= 0.6 is 0 Å². The van der Waals surface area contributed by atoms with Crippen molar-refractivity contribution in [1.82, 2.24) is 0 Å². The van der Waals surface area contributed by atoms with Crippen molar-refractivity contribution < 1.29 is 9.53 Å². The molecule has 23 heavy (non-hydrogen) atoms. The minimum Gasteiger partial charge on any atom is -0.463 e. The third-order valence-electron chi connectivity index (χ3n) is 4.25. The number of hydrogen-bond donors (Lipinski definition) is 0. The standard InChI is InChI=1S/C21H30O2/c1-7-16(2)9-8-10-17(3)11-12-19-13-14-20(23-18(4)22)15-21(19,5)6/h7-11,20H,13-15H2,1-6H3/b9-8+,16-7+,17-10+. The second-order valence-corrected chi connectivity index (χ2v) is 6.93. The summed E-state index contributed by atoms with van der Waals surface area (Å²) in [7, 11) is 0. The maximum atomic E-state index is 11.1. The molecule has 1 atom stereocenters. The van der Waals surface area contributed by atoms with E-state index in [0.717, 1.165) is 19.3 Å². The van der Waals surface area contributed by atoms with Crippen molar-refractivity contribution >= 4 is 5.97 Å². The molecule has 0 aromatic heterocycles. The zero-order chi connectivity index (χ0) is 17.5. The predicted octanol–water partition coefficient (Wildman–Crippen LogP) is 5.68. The molecule has 0 aromatic carbocycles. The number of hydrogen-bond acceptors (Lipinski definition) is 2. The van der Waals surface area contributed by atoms with Gasteiger partial charge in [-0.15, -0.1) is 5.73 Å². The molecule has 0 bridgehead atoms. The first-order valence-electron chi connectivity index (χ1n) is 8.35. The predicted molar refractivity (Wildman–Crippen MR) is 97.1 cm³/mol. The fourth-order valence-electron chi connectivity index (χ4n) is 2.74. The zero-order valence-corrected chi connectivity index (χ0v) is 15.4. The summed E-state index contributed by atoms with van der Waals surface area (Å²) in [5.41, 5.74) is 7.23. The lowest BCUT2D eigenvalue weighted by molar-refractivity contribution is -0.148. The second kappa shape index (κ2) is 8.74. The summed E-state index contributed by atoms with van der Waals surface area (Å²) in [5, 5.41) is 0. The summed E-state index contributed by atoms with van der Waals surface area (Å²) in [4.78, 5) is 11.1. The SMILES string of the molecule is C/C=C(C)/C=C/C=C(\C)C=C=C1CCC(OC(C)=O)CC1(C)C. The van der Waals surface area contributed by atoms with E-state index < -0.39 is 0 Å². The molecule has 1 fully saturated rings. The molecule has 0 amide bonds. The number of carbonyl (C=O) groups is 1. The van der Waals surface area contributed by atoms with Crippen LogP contribution in [0.15, 0.2) is 52.8 Å². The van der Waals surface area contributed by atoms with Crippen LogP contribution in [0.1, 0.15) is 60.8 Å². The summed E-state index contributed by atoms with van der Waals surface area (Å²) in [5.74, 6) is -0.184. The highest BCUT2D eigenvalue weighted by atomic mass is 16.5. The Hall–Kier alpha value is -1.79. The number of ether oxygens (including phenoxy) is 1. The fourth-order valence-corrected chi connectivity index (χ4v) is 2.74. The average Bonchev–Trinajstić information content (AvgIpc) is 2.44. The molecule has 1 saturated carbocycles. The van der Waals surface area contributed by atoms with E-state index in [-0.39, 0.29) is 17.5 Å². The smallest absolute Gasteiger partial charge is 0.302 e. The minimum absolute atomic E-state index is 0.0204. The third-order valence-corrected chi connectivity index (χ3v) is 4.25. The van der Waals surface area contributed by atoms with Gasteiger partial charge in [0.2, 0.25) is 0 Å². The maximum Gasteiger partial charge on any atom is 0.302 e. The average molecular weight is 314 g/mol. The van der Waals surface area contributed by atoms with Gasteiger partial charge in [-0.1, -0.05) is 43.7 Å². The fraction of sp³-hybridized carbons (Fsp3) is 0.524. The number of carbonyl (C=O) groups excluding carboxylic acids is 1. The molecule has 0 radical (unpaired) electrons. The van der Waals surface area contributed by atoms with Crippen LogP contribution in [0.2, 0.25) is 0 Å². The van der Waals surface area contributed by atoms with Crippen LogP contribution in [0.25, 0.3) is 0 Å². The summed E-state index contributed by atoms with van der Waals surface area (Å²) in [6, 6.07) is 0. The summed E-state index contributed by atoms with van der Waals surface area (Å²) in [6.45, 7) is 12.1. The highest BCUT2D eigenvalue weighted by Gasteiger charge is 2.33. The topological polar surface area (TPSA) is 26.3 Å². The number of rotatable bonds is 4. The van der Waals surface area contributed by atoms with Crippen molar-refractivity contribution in [3.8, 4) is 0 Å². The first-order chi connectivity index (χ1) is 10.7. The quantitative estimate of drug-likeness (QED) is 0.379. The molecule has 126 valence electrons. The largest absolute Gasteiger partial charge is 0.463 e. The van der Waals surface area contributed by atoms with Gasteiger partial charge in [-0.3, -0.25) is 4.79 Å². The summed E-state index contributed by atoms with van der Waals surface area (Å²) in [6.07, 6.45) is 13.1. The minimum atomic E-state index is -0.184. The molecule has 0 spiro atoms. The Morgan fingerprint density at radius 2 is 1.96 bits per heavy atom. The lowest BCUT2D eigenvalue weighted by Gasteiger charge is -2.36. The molecule has 1 unspecified atom stereocenters. The van der Waals surface area contributed by atoms with E-state index in [0.29, 0.717) is 0 Å². The van der Waals surface area contributed by atoms with E-state index in [9.17, 15) is 4.79 Å². The normalized spacial score (nSPS) is 22.0. The molecule has 0 heterocycles. The number of esters is 1. The van der Waals surface area contributed by atoms with Crippen molar-refractivity contribution in [3.63, 3.8) is 0 Å². The van der Waals surface area contributed by atoms with Crippen LogP contribution in [0.4, 0.5) is 0 Å². The van der Waals surface area contributed by atoms with E-state index in [4.69, 9.17) is 4.74 Å². The third kappa shape index (κ3) is 6.88. The van der Waals surface area contributed by atoms with Gasteiger partial charge < -0.3 is 4.74 Å². The summed E-state index contributed by atoms with van der Waals surface area (Å²) >= 11 is 0. The van der Waals surface area contributed by atoms with Crippen molar-refractivity contribution in [2.24, 2.45) is 5.41 Å². The van der Waals surface area contributed by atoms with Gasteiger partial charge in [0.25, 0.3) is 0 Å². The molecular weight excluding hydrogens is 284 g/mol. The van der Waals surface area contributed by atoms with Gasteiger partial charge in [-0.05, 0) is 62.7 Å². The highest BCUT2D eigenvalue weighted by molar-refractivity contribution is 5.66. The Bertz CT molecular complexity index is 579. The lowest BCUT2D eigenvalue weighted by atomic mass is 9.72. The molecule has 0 N–H and O–H groups in total. The van der Waals surface area contributed by atoms with Crippen LogP contribution < -0.4 is 0 Å². The Morgan fingerprint density at radius 1 is 1.26 bits per heavy atom. The molecule has 0 aliphatic heterocycles. The highest BCUT2D eigenvalue weighted by Crippen LogP contribution is 2.40. The first kappa shape index (κ1) is 19.3. The van der Waals surface area contributed by atoms with E-state index in [1.54, 1.807) is 0 Å². The molecule has 2 nitrogen and oxygen atoms in total. The Labute approximate surface area is 141 Å². The van der Waals surface area contributed by atoms with E-state index in [1.807, 2.05) is 6.92 Å². The molecule has 1 aliphatic rings. The lowest BCUT2D eigenvalue weighted by Crippen LogP contribution is -2.31. The van der Waals surface area contributed by atoms with Crippen LogP contribution in [-0.2, 0) is 9.53 Å². The molecule has 2 heteroatoms. The monoisotopic (exact) mass is 314 g/mol. The van der Waals surface area contributed by atoms with Crippen LogP contribution in [0, 0.1) is 5.41 Å². The zero-order valence-electron chi connectivity index (χ0n) is 15.4. The van der Waals surface area contributed by atoms with Gasteiger partial charge >= 0.3 is 5.97 Å². The van der Waals surface area contributed by atoms with E-state index in [2.05, 4.69) is 63.8 Å². The Kier molecular flexibility index (Phi) is 7.32.